The Morgan fingerprint density at radius 2 is 1.51 bits per heavy atom. The number of rotatable bonds is 5. The predicted molar refractivity (Wildman–Crippen MR) is 212 cm³/mol. The molecule has 0 aliphatic heterocycles. The van der Waals surface area contributed by atoms with E-state index in [2.05, 4.69) is 111 Å². The van der Waals surface area contributed by atoms with Crippen LogP contribution in [0, 0.1) is 32.9 Å². The number of aromatic nitrogens is 3. The van der Waals surface area contributed by atoms with Gasteiger partial charge < -0.3 is 14.0 Å². The third-order valence-corrected chi connectivity index (χ3v) is 11.2. The normalized spacial score (nSPS) is 12.0. The van der Waals surface area contributed by atoms with Crippen molar-refractivity contribution in [2.24, 2.45) is 0 Å². The molecule has 8 rings (SSSR count). The Balaban J connectivity index is 0.000000193. The topological polar surface area (TPSA) is 43.9 Å². The molecule has 0 aliphatic carbocycles. The van der Waals surface area contributed by atoms with Crippen LogP contribution in [0.4, 0.5) is 0 Å². The first-order valence-electron chi connectivity index (χ1n) is 17.7. The number of aryl methyl sites for hydroxylation is 3. The summed E-state index contributed by atoms with van der Waals surface area (Å²) in [5, 5.41) is 3.47. The van der Waals surface area contributed by atoms with E-state index in [1.54, 1.807) is 0 Å². The molecule has 3 heterocycles. The van der Waals surface area contributed by atoms with Gasteiger partial charge in [0.2, 0.25) is 0 Å². The number of hydrogen-bond donors (Lipinski definition) is 0. The second-order valence-corrected chi connectivity index (χ2v) is 19.4. The van der Waals surface area contributed by atoms with E-state index >= 15 is 0 Å². The van der Waals surface area contributed by atoms with Crippen LogP contribution in [0.1, 0.15) is 43.4 Å². The smallest absolute Gasteiger partial charge is 0.120 e. The van der Waals surface area contributed by atoms with Crippen molar-refractivity contribution < 1.29 is 25.9 Å². The predicted octanol–water partition coefficient (Wildman–Crippen LogP) is 11.5. The summed E-state index contributed by atoms with van der Waals surface area (Å²) in [5.41, 5.74) is 12.5. The van der Waals surface area contributed by atoms with Gasteiger partial charge in [-0.2, -0.15) is 0 Å². The first kappa shape index (κ1) is 34.8. The molecule has 1 radical (unpaired) electrons. The van der Waals surface area contributed by atoms with Gasteiger partial charge in [-0.3, -0.25) is 4.98 Å². The van der Waals surface area contributed by atoms with Crippen LogP contribution in [0.3, 0.4) is 0 Å². The van der Waals surface area contributed by atoms with Crippen LogP contribution in [0.15, 0.2) is 114 Å². The molecule has 0 amide bonds. The van der Waals surface area contributed by atoms with Crippen LogP contribution in [-0.2, 0) is 20.1 Å². The van der Waals surface area contributed by atoms with Crippen LogP contribution in [-0.4, -0.2) is 22.6 Å². The first-order chi connectivity index (χ1) is 24.3. The maximum Gasteiger partial charge on any atom is 0.120 e. The number of benzene rings is 5. The van der Waals surface area contributed by atoms with Crippen LogP contribution in [0.2, 0.25) is 19.6 Å². The largest absolute Gasteiger partial charge is 0.501 e. The van der Waals surface area contributed by atoms with Crippen molar-refractivity contribution in [2.75, 3.05) is 0 Å². The summed E-state index contributed by atoms with van der Waals surface area (Å²) < 4.78 is 17.0. The van der Waals surface area contributed by atoms with E-state index in [1.165, 1.54) is 21.9 Å². The van der Waals surface area contributed by atoms with Gasteiger partial charge in [-0.05, 0) is 66.9 Å². The number of furan rings is 1. The van der Waals surface area contributed by atoms with E-state index in [9.17, 15) is 0 Å². The fourth-order valence-corrected chi connectivity index (χ4v) is 8.55. The van der Waals surface area contributed by atoms with Gasteiger partial charge in [0.15, 0.2) is 0 Å². The summed E-state index contributed by atoms with van der Waals surface area (Å²) in [6, 6.07) is 41.5. The number of para-hydroxylation sites is 3. The van der Waals surface area contributed by atoms with Crippen molar-refractivity contribution in [2.45, 2.75) is 60.2 Å². The number of fused-ring (bicyclic) bond motifs is 4. The molecule has 5 aromatic carbocycles. The minimum absolute atomic E-state index is 0. The Kier molecular flexibility index (Phi) is 9.94. The zero-order chi connectivity index (χ0) is 36.1. The third kappa shape index (κ3) is 7.01. The standard InChI is InChI=1S/C28H21N2O.C17H22NSi.Ir/c1-17-15-18(2)26(19(3)16-17)30-24-13-6-5-12-23(24)29-28(30)22-11-8-10-21-20-9-4-7-14-25(20)31-27(21)22;1-13(2)15-11-16(14-9-7-6-8-10-14)18-12-17(15)19(3,4)5;/h4-10,12-16H,1-3H3;6-9,11-13H,1-5H3;/q2*-1;/i;13D;. The summed E-state index contributed by atoms with van der Waals surface area (Å²) >= 11 is 0. The minimum atomic E-state index is -1.50. The fourth-order valence-electron chi connectivity index (χ4n) is 6.97. The monoisotopic (exact) mass is 863 g/mol. The maximum absolute atomic E-state index is 8.44. The van der Waals surface area contributed by atoms with E-state index in [4.69, 9.17) is 10.8 Å². The summed E-state index contributed by atoms with van der Waals surface area (Å²) in [6.45, 7) is 17.3. The molecule has 0 unspecified atom stereocenters. The van der Waals surface area contributed by atoms with E-state index < -0.39 is 14.0 Å². The molecule has 0 aliphatic rings. The third-order valence-electron chi connectivity index (χ3n) is 9.22. The van der Waals surface area contributed by atoms with Gasteiger partial charge >= 0.3 is 0 Å². The molecule has 0 saturated heterocycles. The van der Waals surface area contributed by atoms with Crippen molar-refractivity contribution in [3.63, 3.8) is 0 Å². The molecule has 0 atom stereocenters. The molecule has 259 valence electrons. The van der Waals surface area contributed by atoms with E-state index in [0.29, 0.717) is 0 Å². The summed E-state index contributed by atoms with van der Waals surface area (Å²) in [5.74, 6) is 0.239. The van der Waals surface area contributed by atoms with Crippen LogP contribution in [0.25, 0.3) is 61.3 Å². The number of imidazole rings is 1. The first-order valence-corrected chi connectivity index (χ1v) is 20.7. The van der Waals surface area contributed by atoms with Crippen LogP contribution < -0.4 is 5.19 Å². The van der Waals surface area contributed by atoms with Gasteiger partial charge in [0.05, 0.1) is 30.5 Å². The Hall–Kier alpha value is -4.61. The van der Waals surface area contributed by atoms with Crippen LogP contribution >= 0.6 is 0 Å². The average molecular weight is 863 g/mol. The quantitative estimate of drug-likeness (QED) is 0.128. The molecule has 0 N–H and O–H groups in total. The Bertz CT molecular complexity index is 2520. The number of pyridine rings is 1. The average Bonchev–Trinajstić information content (AvgIpc) is 3.66. The van der Waals surface area contributed by atoms with Crippen molar-refractivity contribution in [1.29, 1.82) is 0 Å². The summed E-state index contributed by atoms with van der Waals surface area (Å²) in [7, 11) is -1.50. The molecule has 0 spiro atoms. The molecule has 0 saturated carbocycles. The molecule has 6 heteroatoms. The second kappa shape index (κ2) is 14.6. The number of nitrogens with zero attached hydrogens (tertiary/aromatic N) is 3. The second-order valence-electron chi connectivity index (χ2n) is 14.3. The number of hydrogen-bond acceptors (Lipinski definition) is 3. The van der Waals surface area contributed by atoms with Crippen molar-refractivity contribution >= 4 is 46.2 Å². The molecule has 0 bridgehead atoms. The van der Waals surface area contributed by atoms with Gasteiger partial charge in [0.25, 0.3) is 0 Å². The Morgan fingerprint density at radius 1 is 0.804 bits per heavy atom. The van der Waals surface area contributed by atoms with Gasteiger partial charge in [0, 0.05) is 38.7 Å². The molecule has 4 nitrogen and oxygen atoms in total. The van der Waals surface area contributed by atoms with E-state index in [0.717, 1.165) is 66.9 Å². The minimum Gasteiger partial charge on any atom is -0.501 e. The van der Waals surface area contributed by atoms with Gasteiger partial charge in [-0.15, -0.1) is 54.1 Å². The van der Waals surface area contributed by atoms with Crippen molar-refractivity contribution in [3.8, 4) is 28.3 Å². The Labute approximate surface area is 317 Å². The molecule has 51 heavy (non-hydrogen) atoms. The molecule has 0 fully saturated rings. The summed E-state index contributed by atoms with van der Waals surface area (Å²) in [4.78, 5) is 9.67. The summed E-state index contributed by atoms with van der Waals surface area (Å²) in [6.07, 6.45) is 1.98. The maximum atomic E-state index is 8.44. The van der Waals surface area contributed by atoms with Crippen molar-refractivity contribution in [3.05, 3.63) is 144 Å². The Morgan fingerprint density at radius 3 is 2.22 bits per heavy atom. The molecular weight excluding hydrogens is 819 g/mol. The van der Waals surface area contributed by atoms with Gasteiger partial charge in [0.1, 0.15) is 5.58 Å². The SMILES string of the molecule is Cc1cc(C)c(-n2c(-c3[c-]ccc4c3oc3ccccc34)nc3ccccc32)c(C)c1.[2H]C(C)(C)c1cc(-c2[c-]cccc2)ncc1[Si](C)(C)C.[Ir]. The molecular formula is C45H43IrN3OSi-2. The molecule has 8 aromatic rings. The zero-order valence-corrected chi connectivity index (χ0v) is 33.9. The van der Waals surface area contributed by atoms with Gasteiger partial charge in [-0.25, -0.2) is 0 Å². The molecule has 3 aromatic heterocycles. The fraction of sp³-hybridized carbons (Fsp3) is 0.200. The zero-order valence-electron chi connectivity index (χ0n) is 31.5. The van der Waals surface area contributed by atoms with E-state index in [1.807, 2.05) is 74.6 Å². The van der Waals surface area contributed by atoms with E-state index in [-0.39, 0.29) is 20.1 Å². The van der Waals surface area contributed by atoms with Gasteiger partial charge in [-0.1, -0.05) is 104 Å². The van der Waals surface area contributed by atoms with Crippen molar-refractivity contribution in [1.82, 2.24) is 14.5 Å². The van der Waals surface area contributed by atoms with Crippen LogP contribution in [0.5, 0.6) is 0 Å².